The Morgan fingerprint density at radius 3 is 2.74 bits per heavy atom. The molecule has 0 saturated carbocycles. The van der Waals surface area contributed by atoms with Gasteiger partial charge in [-0.2, -0.15) is 5.10 Å². The molecular weight excluding hydrogens is 290 g/mol. The molecule has 0 aliphatic rings. The number of hydrogen-bond donors (Lipinski definition) is 2. The molecule has 0 unspecified atom stereocenters. The van der Waals surface area contributed by atoms with Crippen LogP contribution in [0.3, 0.4) is 0 Å². The molecule has 0 amide bonds. The average Bonchev–Trinajstić information content (AvgIpc) is 2.80. The lowest BCUT2D eigenvalue weighted by molar-refractivity contribution is 0.292. The minimum atomic E-state index is -1.72. The Bertz CT molecular complexity index is 549. The van der Waals surface area contributed by atoms with E-state index >= 15 is 0 Å². The van der Waals surface area contributed by atoms with Crippen LogP contribution in [0.4, 0.5) is 0 Å². The number of rotatable bonds is 5. The van der Waals surface area contributed by atoms with Crippen LogP contribution >= 0.6 is 23.2 Å². The fourth-order valence-corrected chi connectivity index (χ4v) is 2.19. The third-order valence-electron chi connectivity index (χ3n) is 2.45. The van der Waals surface area contributed by atoms with Crippen LogP contribution in [0.1, 0.15) is 0 Å². The average molecular weight is 301 g/mol. The van der Waals surface area contributed by atoms with Crippen molar-refractivity contribution in [2.24, 2.45) is 0 Å². The molecule has 0 bridgehead atoms. The molecule has 0 aliphatic carbocycles. The van der Waals surface area contributed by atoms with Crippen molar-refractivity contribution in [1.82, 2.24) is 9.78 Å². The second kappa shape index (κ2) is 6.30. The van der Waals surface area contributed by atoms with E-state index in [4.69, 9.17) is 27.9 Å². The SMILES string of the molecule is OB(O)c1c(Cl)cc(Cl)cc1OCCn1cccn1. The topological polar surface area (TPSA) is 67.5 Å². The van der Waals surface area contributed by atoms with Gasteiger partial charge in [-0.15, -0.1) is 0 Å². The molecule has 100 valence electrons. The second-order valence-corrected chi connectivity index (χ2v) is 4.63. The minimum absolute atomic E-state index is 0.103. The van der Waals surface area contributed by atoms with Crippen LogP contribution in [-0.4, -0.2) is 33.6 Å². The van der Waals surface area contributed by atoms with E-state index in [2.05, 4.69) is 5.10 Å². The van der Waals surface area contributed by atoms with E-state index in [-0.39, 0.29) is 16.2 Å². The van der Waals surface area contributed by atoms with Gasteiger partial charge in [0.25, 0.3) is 0 Å². The van der Waals surface area contributed by atoms with Gasteiger partial charge in [0.15, 0.2) is 0 Å². The van der Waals surface area contributed by atoms with Gasteiger partial charge >= 0.3 is 7.12 Å². The summed E-state index contributed by atoms with van der Waals surface area (Å²) in [6.45, 7) is 0.830. The van der Waals surface area contributed by atoms with Crippen LogP contribution < -0.4 is 10.2 Å². The molecule has 2 N–H and O–H groups in total. The van der Waals surface area contributed by atoms with E-state index in [0.717, 1.165) is 0 Å². The molecule has 0 radical (unpaired) electrons. The van der Waals surface area contributed by atoms with Crippen molar-refractivity contribution in [1.29, 1.82) is 0 Å². The van der Waals surface area contributed by atoms with E-state index in [1.807, 2.05) is 0 Å². The minimum Gasteiger partial charge on any atom is -0.492 e. The van der Waals surface area contributed by atoms with Crippen molar-refractivity contribution in [2.75, 3.05) is 6.61 Å². The highest BCUT2D eigenvalue weighted by Crippen LogP contribution is 2.22. The maximum atomic E-state index is 9.29. The van der Waals surface area contributed by atoms with Crippen LogP contribution in [-0.2, 0) is 6.54 Å². The highest BCUT2D eigenvalue weighted by Gasteiger charge is 2.22. The molecule has 2 rings (SSSR count). The molecule has 1 aromatic heterocycles. The van der Waals surface area contributed by atoms with Gasteiger partial charge < -0.3 is 14.8 Å². The first-order chi connectivity index (χ1) is 9.08. The van der Waals surface area contributed by atoms with Gasteiger partial charge in [0.05, 0.1) is 6.54 Å². The number of halogens is 2. The summed E-state index contributed by atoms with van der Waals surface area (Å²) in [6, 6.07) is 4.72. The summed E-state index contributed by atoms with van der Waals surface area (Å²) in [5, 5.41) is 23.1. The van der Waals surface area contributed by atoms with Crippen LogP contribution in [0.5, 0.6) is 5.75 Å². The molecule has 5 nitrogen and oxygen atoms in total. The summed E-state index contributed by atoms with van der Waals surface area (Å²) in [5.41, 5.74) is 0.103. The number of ether oxygens (including phenoxy) is 1. The third-order valence-corrected chi connectivity index (χ3v) is 2.98. The zero-order chi connectivity index (χ0) is 13.8. The molecule has 0 saturated heterocycles. The van der Waals surface area contributed by atoms with E-state index in [0.29, 0.717) is 18.2 Å². The zero-order valence-corrected chi connectivity index (χ0v) is 11.3. The van der Waals surface area contributed by atoms with Crippen LogP contribution in [0.25, 0.3) is 0 Å². The summed E-state index contributed by atoms with van der Waals surface area (Å²) in [7, 11) is -1.72. The maximum Gasteiger partial charge on any atom is 0.493 e. The van der Waals surface area contributed by atoms with Crippen molar-refractivity contribution in [3.05, 3.63) is 40.6 Å². The van der Waals surface area contributed by atoms with Crippen molar-refractivity contribution in [3.63, 3.8) is 0 Å². The Hall–Kier alpha value is -1.21. The quantitative estimate of drug-likeness (QED) is 0.807. The third kappa shape index (κ3) is 3.64. The van der Waals surface area contributed by atoms with Crippen molar-refractivity contribution in [2.45, 2.75) is 6.54 Å². The normalized spacial score (nSPS) is 10.5. The lowest BCUT2D eigenvalue weighted by Crippen LogP contribution is -2.33. The highest BCUT2D eigenvalue weighted by molar-refractivity contribution is 6.64. The molecular formula is C11H11BCl2N2O3. The molecule has 2 aromatic rings. The lowest BCUT2D eigenvalue weighted by atomic mass is 9.79. The zero-order valence-electron chi connectivity index (χ0n) is 9.83. The predicted molar refractivity (Wildman–Crippen MR) is 74.0 cm³/mol. The number of aromatic nitrogens is 2. The maximum absolute atomic E-state index is 9.29. The first-order valence-corrected chi connectivity index (χ1v) is 6.29. The Labute approximate surface area is 120 Å². The molecule has 1 heterocycles. The fourth-order valence-electron chi connectivity index (χ4n) is 1.61. The van der Waals surface area contributed by atoms with Crippen LogP contribution in [0.2, 0.25) is 10.0 Å². The van der Waals surface area contributed by atoms with E-state index in [9.17, 15) is 10.0 Å². The summed E-state index contributed by atoms with van der Waals surface area (Å²) in [5.74, 6) is 0.250. The summed E-state index contributed by atoms with van der Waals surface area (Å²) in [6.07, 6.45) is 3.47. The number of benzene rings is 1. The van der Waals surface area contributed by atoms with Gasteiger partial charge in [0.1, 0.15) is 12.4 Å². The van der Waals surface area contributed by atoms with Crippen molar-refractivity contribution >= 4 is 35.8 Å². The molecule has 0 fully saturated rings. The monoisotopic (exact) mass is 300 g/mol. The molecule has 1 aromatic carbocycles. The van der Waals surface area contributed by atoms with Gasteiger partial charge in [-0.05, 0) is 18.2 Å². The fraction of sp³-hybridized carbons (Fsp3) is 0.182. The van der Waals surface area contributed by atoms with E-state index < -0.39 is 7.12 Å². The Kier molecular flexibility index (Phi) is 4.71. The van der Waals surface area contributed by atoms with Gasteiger partial charge in [0.2, 0.25) is 0 Å². The Morgan fingerprint density at radius 1 is 1.32 bits per heavy atom. The lowest BCUT2D eigenvalue weighted by Gasteiger charge is -2.13. The Morgan fingerprint density at radius 2 is 2.11 bits per heavy atom. The second-order valence-electron chi connectivity index (χ2n) is 3.79. The van der Waals surface area contributed by atoms with Crippen LogP contribution in [0.15, 0.2) is 30.6 Å². The van der Waals surface area contributed by atoms with E-state index in [1.54, 1.807) is 23.1 Å². The summed E-state index contributed by atoms with van der Waals surface area (Å²) >= 11 is 11.8. The Balaban J connectivity index is 2.10. The van der Waals surface area contributed by atoms with Crippen LogP contribution in [0, 0.1) is 0 Å². The summed E-state index contributed by atoms with van der Waals surface area (Å²) < 4.78 is 7.18. The van der Waals surface area contributed by atoms with Crippen molar-refractivity contribution < 1.29 is 14.8 Å². The molecule has 0 atom stereocenters. The molecule has 8 heteroatoms. The smallest absolute Gasteiger partial charge is 0.492 e. The number of hydrogen-bond acceptors (Lipinski definition) is 4. The largest absolute Gasteiger partial charge is 0.493 e. The summed E-state index contributed by atoms with van der Waals surface area (Å²) in [4.78, 5) is 0. The van der Waals surface area contributed by atoms with Gasteiger partial charge in [-0.1, -0.05) is 23.2 Å². The molecule has 0 spiro atoms. The highest BCUT2D eigenvalue weighted by atomic mass is 35.5. The van der Waals surface area contributed by atoms with E-state index in [1.165, 1.54) is 12.1 Å². The van der Waals surface area contributed by atoms with Gasteiger partial charge in [0, 0.05) is 27.9 Å². The molecule has 19 heavy (non-hydrogen) atoms. The van der Waals surface area contributed by atoms with Gasteiger partial charge in [-0.3, -0.25) is 4.68 Å². The first-order valence-electron chi connectivity index (χ1n) is 5.53. The first kappa shape index (κ1) is 14.2. The standard InChI is InChI=1S/C11H11BCl2N2O3/c13-8-6-9(14)11(12(17)18)10(7-8)19-5-4-16-3-1-2-15-16/h1-3,6-7,17-18H,4-5H2. The molecule has 0 aliphatic heterocycles. The van der Waals surface area contributed by atoms with Gasteiger partial charge in [-0.25, -0.2) is 0 Å². The van der Waals surface area contributed by atoms with Crippen molar-refractivity contribution in [3.8, 4) is 5.75 Å². The predicted octanol–water partition coefficient (Wildman–Crippen LogP) is 0.949. The number of nitrogens with zero attached hydrogens (tertiary/aromatic N) is 2.